The molecule has 0 N–H and O–H groups in total. The molecule has 16 heavy (non-hydrogen) atoms. The molecule has 2 rings (SSSR count). The van der Waals surface area contributed by atoms with Crippen molar-refractivity contribution in [3.05, 3.63) is 34.9 Å². The predicted octanol–water partition coefficient (Wildman–Crippen LogP) is 2.32. The highest BCUT2D eigenvalue weighted by Gasteiger charge is 2.64. The van der Waals surface area contributed by atoms with Gasteiger partial charge in [-0.1, -0.05) is 18.2 Å². The molecule has 0 heterocycles. The van der Waals surface area contributed by atoms with Crippen LogP contribution in [0.2, 0.25) is 0 Å². The lowest BCUT2D eigenvalue weighted by Gasteiger charge is -2.55. The van der Waals surface area contributed by atoms with Crippen molar-refractivity contribution in [3.8, 4) is 0 Å². The monoisotopic (exact) mass is 222 g/mol. The van der Waals surface area contributed by atoms with Crippen molar-refractivity contribution < 1.29 is 14.2 Å². The number of aryl methyl sites for hydroxylation is 1. The summed E-state index contributed by atoms with van der Waals surface area (Å²) in [6, 6.07) is 6.11. The lowest BCUT2D eigenvalue weighted by atomic mass is 9.66. The van der Waals surface area contributed by atoms with Crippen LogP contribution < -0.4 is 0 Å². The number of hydrogen-bond donors (Lipinski definition) is 0. The molecule has 3 heteroatoms. The maximum absolute atomic E-state index is 5.63. The summed E-state index contributed by atoms with van der Waals surface area (Å²) >= 11 is 0. The summed E-state index contributed by atoms with van der Waals surface area (Å²) in [6.45, 7) is 4.07. The van der Waals surface area contributed by atoms with Gasteiger partial charge in [0.1, 0.15) is 5.60 Å². The molecule has 88 valence electrons. The van der Waals surface area contributed by atoms with E-state index in [2.05, 4.69) is 13.0 Å². The van der Waals surface area contributed by atoms with Gasteiger partial charge in [-0.2, -0.15) is 0 Å². The minimum atomic E-state index is -0.789. The SMILES string of the molecule is COC1(C)c2c(C)cccc2C1(OC)OC. The van der Waals surface area contributed by atoms with Gasteiger partial charge in [0, 0.05) is 32.5 Å². The Bertz CT molecular complexity index is 410. The second kappa shape index (κ2) is 3.55. The maximum Gasteiger partial charge on any atom is 0.229 e. The fourth-order valence-corrected chi connectivity index (χ4v) is 2.86. The second-order valence-electron chi connectivity index (χ2n) is 4.26. The Morgan fingerprint density at radius 1 is 1.00 bits per heavy atom. The molecule has 1 aromatic rings. The molecule has 0 radical (unpaired) electrons. The zero-order valence-electron chi connectivity index (χ0n) is 10.5. The Labute approximate surface area is 96.3 Å². The molecule has 3 nitrogen and oxygen atoms in total. The summed E-state index contributed by atoms with van der Waals surface area (Å²) in [4.78, 5) is 0. The third-order valence-corrected chi connectivity index (χ3v) is 3.72. The normalized spacial score (nSPS) is 26.1. The molecule has 0 fully saturated rings. The quantitative estimate of drug-likeness (QED) is 0.734. The van der Waals surface area contributed by atoms with Crippen molar-refractivity contribution in [2.24, 2.45) is 0 Å². The van der Waals surface area contributed by atoms with Gasteiger partial charge in [0.05, 0.1) is 0 Å². The van der Waals surface area contributed by atoms with Gasteiger partial charge in [-0.05, 0) is 19.4 Å². The van der Waals surface area contributed by atoms with Gasteiger partial charge < -0.3 is 14.2 Å². The zero-order valence-corrected chi connectivity index (χ0v) is 10.5. The van der Waals surface area contributed by atoms with Gasteiger partial charge in [-0.15, -0.1) is 0 Å². The van der Waals surface area contributed by atoms with Crippen LogP contribution in [0.4, 0.5) is 0 Å². The predicted molar refractivity (Wildman–Crippen MR) is 61.2 cm³/mol. The third-order valence-electron chi connectivity index (χ3n) is 3.72. The Hall–Kier alpha value is -0.900. The minimum Gasteiger partial charge on any atom is -0.368 e. The molecule has 0 amide bonds. The van der Waals surface area contributed by atoms with Gasteiger partial charge in [0.2, 0.25) is 5.79 Å². The van der Waals surface area contributed by atoms with Gasteiger partial charge in [0.15, 0.2) is 0 Å². The first-order valence-electron chi connectivity index (χ1n) is 5.33. The number of ether oxygens (including phenoxy) is 3. The average Bonchev–Trinajstić information content (AvgIpc) is 2.29. The molecule has 0 saturated carbocycles. The highest BCUT2D eigenvalue weighted by molar-refractivity contribution is 5.52. The van der Waals surface area contributed by atoms with Crippen LogP contribution in [0.1, 0.15) is 23.6 Å². The molecule has 1 atom stereocenters. The molecule has 0 spiro atoms. The highest BCUT2D eigenvalue weighted by atomic mass is 16.7. The summed E-state index contributed by atoms with van der Waals surface area (Å²) in [6.07, 6.45) is 0. The summed E-state index contributed by atoms with van der Waals surface area (Å²) in [5.41, 5.74) is 2.88. The van der Waals surface area contributed by atoms with Crippen molar-refractivity contribution in [2.75, 3.05) is 21.3 Å². The van der Waals surface area contributed by atoms with Crippen LogP contribution in [0, 0.1) is 6.92 Å². The fraction of sp³-hybridized carbons (Fsp3) is 0.538. The largest absolute Gasteiger partial charge is 0.368 e. The number of rotatable bonds is 3. The average molecular weight is 222 g/mol. The van der Waals surface area contributed by atoms with E-state index in [1.165, 1.54) is 11.1 Å². The molecular weight excluding hydrogens is 204 g/mol. The standard InChI is InChI=1S/C13H18O3/c1-9-7-6-8-10-11(9)12(2,14-3)13(10,15-4)16-5/h6-8H,1-5H3. The van der Waals surface area contributed by atoms with Crippen molar-refractivity contribution in [1.29, 1.82) is 0 Å². The lowest BCUT2D eigenvalue weighted by molar-refractivity contribution is -0.342. The van der Waals surface area contributed by atoms with Crippen LogP contribution >= 0.6 is 0 Å². The molecule has 0 bridgehead atoms. The van der Waals surface area contributed by atoms with E-state index in [1.54, 1.807) is 21.3 Å². The molecule has 0 aromatic heterocycles. The smallest absolute Gasteiger partial charge is 0.229 e. The maximum atomic E-state index is 5.63. The summed E-state index contributed by atoms with van der Waals surface area (Å²) in [7, 11) is 4.97. The summed E-state index contributed by atoms with van der Waals surface area (Å²) < 4.78 is 16.8. The third kappa shape index (κ3) is 1.03. The molecule has 1 unspecified atom stereocenters. The van der Waals surface area contributed by atoms with Crippen LogP contribution in [0.3, 0.4) is 0 Å². The first kappa shape index (κ1) is 11.6. The van der Waals surface area contributed by atoms with E-state index in [9.17, 15) is 0 Å². The number of benzene rings is 1. The van der Waals surface area contributed by atoms with Crippen molar-refractivity contribution in [2.45, 2.75) is 25.2 Å². The Balaban J connectivity index is 2.67. The molecular formula is C13H18O3. The lowest BCUT2D eigenvalue weighted by Crippen LogP contribution is -2.60. The van der Waals surface area contributed by atoms with Gasteiger partial charge >= 0.3 is 0 Å². The Kier molecular flexibility index (Phi) is 2.57. The van der Waals surface area contributed by atoms with Crippen LogP contribution in [0.5, 0.6) is 0 Å². The Morgan fingerprint density at radius 3 is 2.12 bits per heavy atom. The number of hydrogen-bond acceptors (Lipinski definition) is 3. The highest BCUT2D eigenvalue weighted by Crippen LogP contribution is 2.58. The van der Waals surface area contributed by atoms with E-state index in [1.807, 2.05) is 19.1 Å². The van der Waals surface area contributed by atoms with E-state index in [4.69, 9.17) is 14.2 Å². The van der Waals surface area contributed by atoms with E-state index in [-0.39, 0.29) is 0 Å². The first-order chi connectivity index (χ1) is 7.57. The Morgan fingerprint density at radius 2 is 1.62 bits per heavy atom. The van der Waals surface area contributed by atoms with Gasteiger partial charge in [-0.25, -0.2) is 0 Å². The van der Waals surface area contributed by atoms with Gasteiger partial charge in [0.25, 0.3) is 0 Å². The topological polar surface area (TPSA) is 27.7 Å². The van der Waals surface area contributed by atoms with E-state index in [0.717, 1.165) is 5.56 Å². The van der Waals surface area contributed by atoms with E-state index >= 15 is 0 Å². The van der Waals surface area contributed by atoms with Crippen molar-refractivity contribution in [3.63, 3.8) is 0 Å². The zero-order chi connectivity index (χ0) is 12.0. The summed E-state index contributed by atoms with van der Waals surface area (Å²) in [5.74, 6) is -0.789. The minimum absolute atomic E-state index is 0.544. The molecule has 1 aromatic carbocycles. The summed E-state index contributed by atoms with van der Waals surface area (Å²) in [5, 5.41) is 0. The second-order valence-corrected chi connectivity index (χ2v) is 4.26. The number of methoxy groups -OCH3 is 3. The molecule has 0 aliphatic heterocycles. The molecule has 0 saturated heterocycles. The van der Waals surface area contributed by atoms with Gasteiger partial charge in [-0.3, -0.25) is 0 Å². The van der Waals surface area contributed by atoms with Crippen LogP contribution in [0.15, 0.2) is 18.2 Å². The molecule has 1 aliphatic rings. The fourth-order valence-electron chi connectivity index (χ4n) is 2.86. The molecule has 1 aliphatic carbocycles. The van der Waals surface area contributed by atoms with E-state index in [0.29, 0.717) is 0 Å². The van der Waals surface area contributed by atoms with E-state index < -0.39 is 11.4 Å². The van der Waals surface area contributed by atoms with Crippen molar-refractivity contribution in [1.82, 2.24) is 0 Å². The first-order valence-corrected chi connectivity index (χ1v) is 5.33. The number of fused-ring (bicyclic) bond motifs is 1. The van der Waals surface area contributed by atoms with Crippen LogP contribution in [0.25, 0.3) is 0 Å². The van der Waals surface area contributed by atoms with Crippen LogP contribution in [-0.2, 0) is 25.6 Å². The van der Waals surface area contributed by atoms with Crippen molar-refractivity contribution >= 4 is 0 Å². The van der Waals surface area contributed by atoms with Crippen LogP contribution in [-0.4, -0.2) is 21.3 Å².